The Hall–Kier alpha value is -3.00. The molecule has 4 heterocycles. The van der Waals surface area contributed by atoms with Crippen LogP contribution in [-0.4, -0.2) is 103 Å². The highest BCUT2D eigenvalue weighted by molar-refractivity contribution is 8.03. The van der Waals surface area contributed by atoms with Gasteiger partial charge in [0.1, 0.15) is 17.6 Å². The fraction of sp³-hybridized carbons (Fsp3) is 0.682. The smallest absolute Gasteiger partial charge is 0.353 e. The molecule has 1 aromatic rings. The van der Waals surface area contributed by atoms with Crippen molar-refractivity contribution >= 4 is 35.5 Å². The van der Waals surface area contributed by atoms with E-state index < -0.39 is 23.5 Å². The van der Waals surface area contributed by atoms with Crippen LogP contribution in [-0.2, 0) is 24.7 Å². The first-order chi connectivity index (χ1) is 16.9. The highest BCUT2D eigenvalue weighted by atomic mass is 32.2. The summed E-state index contributed by atoms with van der Waals surface area (Å²) in [6.45, 7) is 7.57. The first kappa shape index (κ1) is 26.1. The number of nitrogens with zero attached hydrogens (tertiary/aromatic N) is 6. The fourth-order valence-corrected chi connectivity index (χ4v) is 6.64. The molecule has 3 amide bonds. The average Bonchev–Trinajstić information content (AvgIpc) is 3.54. The topological polar surface area (TPSA) is 163 Å². The molecule has 0 aliphatic carbocycles. The second-order valence-electron chi connectivity index (χ2n) is 10.3. The van der Waals surface area contributed by atoms with E-state index in [4.69, 9.17) is 0 Å². The quantitative estimate of drug-likeness (QED) is 0.371. The number of fused-ring (bicyclic) bond motifs is 1. The monoisotopic (exact) mass is 520 g/mol. The van der Waals surface area contributed by atoms with Gasteiger partial charge in [0.25, 0.3) is 0 Å². The second-order valence-corrected chi connectivity index (χ2v) is 11.6. The molecule has 1 aromatic heterocycles. The minimum absolute atomic E-state index is 0.00664. The summed E-state index contributed by atoms with van der Waals surface area (Å²) in [5, 5.41) is 27.1. The van der Waals surface area contributed by atoms with Crippen LogP contribution in [0.25, 0.3) is 0 Å². The number of carboxylic acids is 1. The van der Waals surface area contributed by atoms with Crippen LogP contribution < -0.4 is 10.6 Å². The molecule has 3 N–H and O–H groups in total. The third kappa shape index (κ3) is 4.25. The number of tetrazole rings is 1. The molecule has 14 heteroatoms. The SMILES string of the molecule is C[C@@H](NC(=O)C(C)(C)n1cnnn1)[C@H]1C(=O)N2C(C(=O)O)=C(SC3CN[C@H](C(=O)N(C)C)C3)[C@H](C)[C@H]12. The van der Waals surface area contributed by atoms with Crippen LogP contribution in [0.5, 0.6) is 0 Å². The number of hydrogen-bond donors (Lipinski definition) is 3. The van der Waals surface area contributed by atoms with Crippen molar-refractivity contribution in [2.75, 3.05) is 20.6 Å². The van der Waals surface area contributed by atoms with Crippen molar-refractivity contribution in [1.82, 2.24) is 40.6 Å². The molecule has 1 unspecified atom stereocenters. The number of thioether (sulfide) groups is 1. The Kier molecular flexibility index (Phi) is 6.86. The number of amides is 3. The maximum Gasteiger partial charge on any atom is 0.353 e. The largest absolute Gasteiger partial charge is 0.477 e. The first-order valence-corrected chi connectivity index (χ1v) is 12.7. The van der Waals surface area contributed by atoms with Gasteiger partial charge in [-0.15, -0.1) is 16.9 Å². The average molecular weight is 521 g/mol. The Morgan fingerprint density at radius 3 is 2.61 bits per heavy atom. The molecule has 196 valence electrons. The van der Waals surface area contributed by atoms with Crippen molar-refractivity contribution in [2.24, 2.45) is 11.8 Å². The molecule has 3 aliphatic rings. The summed E-state index contributed by atoms with van der Waals surface area (Å²) < 4.78 is 1.34. The van der Waals surface area contributed by atoms with Gasteiger partial charge in [-0.05, 0) is 37.6 Å². The van der Waals surface area contributed by atoms with Crippen molar-refractivity contribution < 1.29 is 24.3 Å². The van der Waals surface area contributed by atoms with E-state index in [1.165, 1.54) is 32.6 Å². The number of rotatable bonds is 8. The Morgan fingerprint density at radius 1 is 1.33 bits per heavy atom. The molecule has 2 fully saturated rings. The van der Waals surface area contributed by atoms with E-state index in [1.54, 1.807) is 34.9 Å². The summed E-state index contributed by atoms with van der Waals surface area (Å²) in [6.07, 6.45) is 1.92. The van der Waals surface area contributed by atoms with Gasteiger partial charge < -0.3 is 25.5 Å². The van der Waals surface area contributed by atoms with E-state index in [-0.39, 0.29) is 46.7 Å². The molecule has 3 aliphatic heterocycles. The van der Waals surface area contributed by atoms with Crippen molar-refractivity contribution in [2.45, 2.75) is 63.0 Å². The van der Waals surface area contributed by atoms with E-state index in [0.29, 0.717) is 17.9 Å². The lowest BCUT2D eigenvalue weighted by Gasteiger charge is -2.48. The minimum Gasteiger partial charge on any atom is -0.477 e. The molecule has 0 aromatic carbocycles. The van der Waals surface area contributed by atoms with Crippen LogP contribution in [0.4, 0.5) is 0 Å². The number of likely N-dealkylation sites (N-methyl/N-ethyl adjacent to an activating group) is 1. The normalized spacial score (nSPS) is 28.6. The van der Waals surface area contributed by atoms with Crippen LogP contribution in [0.15, 0.2) is 16.9 Å². The first-order valence-electron chi connectivity index (χ1n) is 11.8. The van der Waals surface area contributed by atoms with Crippen LogP contribution in [0, 0.1) is 11.8 Å². The van der Waals surface area contributed by atoms with Gasteiger partial charge in [-0.25, -0.2) is 9.48 Å². The lowest BCUT2D eigenvalue weighted by Crippen LogP contribution is -2.67. The van der Waals surface area contributed by atoms with Gasteiger partial charge in [0.05, 0.1) is 18.0 Å². The Labute approximate surface area is 213 Å². The molecule has 13 nitrogen and oxygen atoms in total. The maximum atomic E-state index is 13.2. The predicted octanol–water partition coefficient (Wildman–Crippen LogP) is -0.762. The van der Waals surface area contributed by atoms with E-state index in [2.05, 4.69) is 26.2 Å². The van der Waals surface area contributed by atoms with Gasteiger partial charge in [-0.1, -0.05) is 6.92 Å². The number of carbonyl (C=O) groups is 4. The molecule has 6 atom stereocenters. The van der Waals surface area contributed by atoms with E-state index in [1.807, 2.05) is 6.92 Å². The summed E-state index contributed by atoms with van der Waals surface area (Å²) in [6, 6.07) is -1.21. The van der Waals surface area contributed by atoms with E-state index >= 15 is 0 Å². The summed E-state index contributed by atoms with van der Waals surface area (Å²) in [7, 11) is 3.41. The summed E-state index contributed by atoms with van der Waals surface area (Å²) in [4.78, 5) is 54.2. The number of nitrogens with one attached hydrogen (secondary N) is 2. The number of β-lactam (4-membered cyclic amide) rings is 1. The number of carboxylic acid groups (broad SMARTS) is 1. The van der Waals surface area contributed by atoms with Crippen LogP contribution in [0.3, 0.4) is 0 Å². The zero-order valence-electron chi connectivity index (χ0n) is 21.1. The highest BCUT2D eigenvalue weighted by Crippen LogP contribution is 2.51. The van der Waals surface area contributed by atoms with Crippen molar-refractivity contribution in [3.63, 3.8) is 0 Å². The molecule has 0 bridgehead atoms. The van der Waals surface area contributed by atoms with Crippen LogP contribution >= 0.6 is 11.8 Å². The molecule has 2 saturated heterocycles. The van der Waals surface area contributed by atoms with Gasteiger partial charge in [0.2, 0.25) is 17.7 Å². The van der Waals surface area contributed by atoms with Crippen LogP contribution in [0.2, 0.25) is 0 Å². The third-order valence-corrected chi connectivity index (χ3v) is 8.80. The van der Waals surface area contributed by atoms with Crippen LogP contribution in [0.1, 0.15) is 34.1 Å². The zero-order chi connectivity index (χ0) is 26.5. The molecule has 0 radical (unpaired) electrons. The zero-order valence-corrected chi connectivity index (χ0v) is 21.9. The Balaban J connectivity index is 1.47. The molecule has 0 saturated carbocycles. The van der Waals surface area contributed by atoms with Gasteiger partial charge in [0, 0.05) is 42.8 Å². The predicted molar refractivity (Wildman–Crippen MR) is 129 cm³/mol. The van der Waals surface area contributed by atoms with E-state index in [9.17, 15) is 24.3 Å². The molecule has 0 spiro atoms. The van der Waals surface area contributed by atoms with Gasteiger partial charge in [-0.3, -0.25) is 14.4 Å². The number of carbonyl (C=O) groups excluding carboxylic acids is 3. The van der Waals surface area contributed by atoms with Gasteiger partial charge in [0.15, 0.2) is 0 Å². The number of hydrogen-bond acceptors (Lipinski definition) is 9. The molecular formula is C22H32N8O5S. The Morgan fingerprint density at radius 2 is 2.03 bits per heavy atom. The molecule has 36 heavy (non-hydrogen) atoms. The highest BCUT2D eigenvalue weighted by Gasteiger charge is 2.60. The summed E-state index contributed by atoms with van der Waals surface area (Å²) >= 11 is 1.43. The summed E-state index contributed by atoms with van der Waals surface area (Å²) in [5.74, 6) is -2.63. The number of aromatic nitrogens is 4. The summed E-state index contributed by atoms with van der Waals surface area (Å²) in [5.41, 5.74) is -1.07. The Bertz CT molecular complexity index is 1100. The van der Waals surface area contributed by atoms with E-state index in [0.717, 1.165) is 0 Å². The standard InChI is InChI=1S/C22H32N8O5S/c1-10-15-14(11(2)25-21(35)22(3,4)29-9-24-26-27-29)19(32)30(15)16(20(33)34)17(10)36-12-7-13(23-8-12)18(31)28(5)6/h9-15,23H,7-8H2,1-6H3,(H,25,35)(H,33,34)/t10-,11-,12?,13+,14-,15-/m1/s1. The molecular weight excluding hydrogens is 488 g/mol. The minimum atomic E-state index is -1.15. The van der Waals surface area contributed by atoms with Crippen molar-refractivity contribution in [3.05, 3.63) is 16.9 Å². The lowest BCUT2D eigenvalue weighted by molar-refractivity contribution is -0.158. The fourth-order valence-electron chi connectivity index (χ4n) is 5.16. The lowest BCUT2D eigenvalue weighted by atomic mass is 9.77. The molecule has 4 rings (SSSR count). The number of aliphatic carboxylic acids is 1. The van der Waals surface area contributed by atoms with Gasteiger partial charge >= 0.3 is 5.97 Å². The third-order valence-electron chi connectivity index (χ3n) is 7.29. The second kappa shape index (κ2) is 9.47. The van der Waals surface area contributed by atoms with Crippen molar-refractivity contribution in [1.29, 1.82) is 0 Å². The van der Waals surface area contributed by atoms with Crippen molar-refractivity contribution in [3.8, 4) is 0 Å². The maximum absolute atomic E-state index is 13.2. The van der Waals surface area contributed by atoms with Gasteiger partial charge in [-0.2, -0.15) is 0 Å².